The van der Waals surface area contributed by atoms with Gasteiger partial charge in [0, 0.05) is 31.3 Å². The van der Waals surface area contributed by atoms with Gasteiger partial charge in [-0.05, 0) is 44.2 Å². The second-order valence-corrected chi connectivity index (χ2v) is 6.50. The number of carbonyl (C=O) groups is 2. The third-order valence-corrected chi connectivity index (χ3v) is 4.91. The Morgan fingerprint density at radius 3 is 2.44 bits per heavy atom. The molecule has 1 aromatic carbocycles. The minimum absolute atomic E-state index is 0.100. The van der Waals surface area contributed by atoms with Crippen LogP contribution < -0.4 is 4.90 Å². The number of anilines is 1. The van der Waals surface area contributed by atoms with Gasteiger partial charge < -0.3 is 14.9 Å². The zero-order valence-corrected chi connectivity index (χ0v) is 13.9. The molecule has 0 spiro atoms. The number of hydrogen-bond acceptors (Lipinski definition) is 5. The maximum Gasteiger partial charge on any atom is 0.326 e. The van der Waals surface area contributed by atoms with Crippen LogP contribution in [-0.4, -0.2) is 52.5 Å². The summed E-state index contributed by atoms with van der Waals surface area (Å²) in [5, 5.41) is 20.8. The van der Waals surface area contributed by atoms with E-state index >= 15 is 0 Å². The Kier molecular flexibility index (Phi) is 4.87. The van der Waals surface area contributed by atoms with Crippen LogP contribution in [0.5, 0.6) is 0 Å². The van der Waals surface area contributed by atoms with Crippen LogP contribution >= 0.6 is 0 Å². The van der Waals surface area contributed by atoms with Crippen LogP contribution in [-0.2, 0) is 4.79 Å². The fraction of sp³-hybridized carbons (Fsp3) is 0.529. The van der Waals surface area contributed by atoms with Crippen LogP contribution in [0.15, 0.2) is 18.2 Å². The molecule has 0 saturated carbocycles. The van der Waals surface area contributed by atoms with Crippen molar-refractivity contribution in [1.82, 2.24) is 4.90 Å². The molecular formula is C17H21N3O5. The number of nitro benzene ring substituents is 1. The van der Waals surface area contributed by atoms with Crippen molar-refractivity contribution in [1.29, 1.82) is 0 Å². The SMILES string of the molecule is O=C(O)C1CCCCN1C(=O)c1ccc(N2CCCC2)c([N+](=O)[O-])c1. The highest BCUT2D eigenvalue weighted by Gasteiger charge is 2.33. The van der Waals surface area contributed by atoms with Crippen molar-refractivity contribution >= 4 is 23.3 Å². The number of nitrogens with zero attached hydrogens (tertiary/aromatic N) is 3. The molecule has 3 rings (SSSR count). The molecule has 8 heteroatoms. The van der Waals surface area contributed by atoms with Gasteiger partial charge in [-0.3, -0.25) is 14.9 Å². The van der Waals surface area contributed by atoms with E-state index in [0.717, 1.165) is 38.8 Å². The lowest BCUT2D eigenvalue weighted by molar-refractivity contribution is -0.384. The second-order valence-electron chi connectivity index (χ2n) is 6.50. The lowest BCUT2D eigenvalue weighted by Gasteiger charge is -2.33. The van der Waals surface area contributed by atoms with E-state index in [1.54, 1.807) is 12.1 Å². The first-order valence-corrected chi connectivity index (χ1v) is 8.56. The van der Waals surface area contributed by atoms with Crippen molar-refractivity contribution in [3.63, 3.8) is 0 Å². The van der Waals surface area contributed by atoms with E-state index in [4.69, 9.17) is 0 Å². The zero-order chi connectivity index (χ0) is 18.0. The summed E-state index contributed by atoms with van der Waals surface area (Å²) in [6, 6.07) is 3.59. The molecule has 1 atom stereocenters. The summed E-state index contributed by atoms with van der Waals surface area (Å²) in [5.41, 5.74) is 0.590. The predicted octanol–water partition coefficient (Wildman–Crippen LogP) is 2.27. The lowest BCUT2D eigenvalue weighted by atomic mass is 10.0. The average molecular weight is 347 g/mol. The molecule has 8 nitrogen and oxygen atoms in total. The Balaban J connectivity index is 1.91. The summed E-state index contributed by atoms with van der Waals surface area (Å²) < 4.78 is 0. The molecule has 2 aliphatic heterocycles. The summed E-state index contributed by atoms with van der Waals surface area (Å²) in [7, 11) is 0. The zero-order valence-electron chi connectivity index (χ0n) is 13.9. The van der Waals surface area contributed by atoms with Gasteiger partial charge in [0.2, 0.25) is 0 Å². The van der Waals surface area contributed by atoms with Crippen LogP contribution in [0.1, 0.15) is 42.5 Å². The number of benzene rings is 1. The van der Waals surface area contributed by atoms with E-state index in [2.05, 4.69) is 0 Å². The highest BCUT2D eigenvalue weighted by atomic mass is 16.6. The van der Waals surface area contributed by atoms with E-state index in [1.165, 1.54) is 11.0 Å². The molecule has 2 saturated heterocycles. The van der Waals surface area contributed by atoms with Crippen molar-refractivity contribution in [2.45, 2.75) is 38.1 Å². The first-order chi connectivity index (χ1) is 12.0. The van der Waals surface area contributed by atoms with Crippen molar-refractivity contribution in [2.75, 3.05) is 24.5 Å². The van der Waals surface area contributed by atoms with Crippen LogP contribution in [0.2, 0.25) is 0 Å². The molecule has 2 heterocycles. The van der Waals surface area contributed by atoms with Crippen LogP contribution in [0.4, 0.5) is 11.4 Å². The molecule has 0 aromatic heterocycles. The first-order valence-electron chi connectivity index (χ1n) is 8.56. The van der Waals surface area contributed by atoms with E-state index in [0.29, 0.717) is 18.7 Å². The number of aliphatic carboxylic acids is 1. The van der Waals surface area contributed by atoms with Gasteiger partial charge >= 0.3 is 5.97 Å². The minimum Gasteiger partial charge on any atom is -0.480 e. The maximum absolute atomic E-state index is 12.7. The maximum atomic E-state index is 12.7. The largest absolute Gasteiger partial charge is 0.480 e. The molecular weight excluding hydrogens is 326 g/mol. The quantitative estimate of drug-likeness (QED) is 0.662. The highest BCUT2D eigenvalue weighted by molar-refractivity contribution is 5.98. The number of rotatable bonds is 4. The fourth-order valence-corrected chi connectivity index (χ4v) is 3.63. The van der Waals surface area contributed by atoms with Gasteiger partial charge in [0.15, 0.2) is 0 Å². The van der Waals surface area contributed by atoms with Crippen molar-refractivity contribution in [3.05, 3.63) is 33.9 Å². The van der Waals surface area contributed by atoms with Gasteiger partial charge in [-0.2, -0.15) is 0 Å². The van der Waals surface area contributed by atoms with Gasteiger partial charge in [-0.25, -0.2) is 4.79 Å². The molecule has 25 heavy (non-hydrogen) atoms. The molecule has 1 unspecified atom stereocenters. The third kappa shape index (κ3) is 3.42. The predicted molar refractivity (Wildman–Crippen MR) is 90.9 cm³/mol. The standard InChI is InChI=1S/C17H21N3O5/c21-16(19-10-2-1-5-14(19)17(22)23)12-6-7-13(15(11-12)20(24)25)18-8-3-4-9-18/h6-7,11,14H,1-5,8-10H2,(H,22,23). The summed E-state index contributed by atoms with van der Waals surface area (Å²) in [6.45, 7) is 1.89. The molecule has 134 valence electrons. The van der Waals surface area contributed by atoms with Crippen LogP contribution in [0, 0.1) is 10.1 Å². The Hall–Kier alpha value is -2.64. The molecule has 0 aliphatic carbocycles. The molecule has 2 aliphatic rings. The number of amides is 1. The molecule has 0 bridgehead atoms. The van der Waals surface area contributed by atoms with Crippen LogP contribution in [0.25, 0.3) is 0 Å². The number of likely N-dealkylation sites (tertiary alicyclic amines) is 1. The Labute approximate surface area is 145 Å². The van der Waals surface area contributed by atoms with Crippen molar-refractivity contribution in [3.8, 4) is 0 Å². The number of carboxylic acid groups (broad SMARTS) is 1. The Bertz CT molecular complexity index is 700. The van der Waals surface area contributed by atoms with E-state index < -0.39 is 22.8 Å². The van der Waals surface area contributed by atoms with Gasteiger partial charge in [0.05, 0.1) is 4.92 Å². The molecule has 1 aromatic rings. The number of nitro groups is 1. The topological polar surface area (TPSA) is 104 Å². The highest BCUT2D eigenvalue weighted by Crippen LogP contribution is 2.32. The molecule has 1 amide bonds. The van der Waals surface area contributed by atoms with Gasteiger partial charge in [-0.15, -0.1) is 0 Å². The Morgan fingerprint density at radius 2 is 1.80 bits per heavy atom. The summed E-state index contributed by atoms with van der Waals surface area (Å²) in [4.78, 5) is 38.4. The average Bonchev–Trinajstić information content (AvgIpc) is 3.15. The van der Waals surface area contributed by atoms with E-state index in [-0.39, 0.29) is 11.3 Å². The lowest BCUT2D eigenvalue weighted by Crippen LogP contribution is -2.48. The summed E-state index contributed by atoms with van der Waals surface area (Å²) in [5.74, 6) is -1.49. The molecule has 0 radical (unpaired) electrons. The third-order valence-electron chi connectivity index (χ3n) is 4.91. The smallest absolute Gasteiger partial charge is 0.326 e. The summed E-state index contributed by atoms with van der Waals surface area (Å²) >= 11 is 0. The monoisotopic (exact) mass is 347 g/mol. The minimum atomic E-state index is -1.03. The number of carboxylic acids is 1. The van der Waals surface area contributed by atoms with Crippen molar-refractivity contribution in [2.24, 2.45) is 0 Å². The second kappa shape index (κ2) is 7.08. The number of carbonyl (C=O) groups excluding carboxylic acids is 1. The number of piperidine rings is 1. The summed E-state index contributed by atoms with van der Waals surface area (Å²) in [6.07, 6.45) is 3.89. The molecule has 1 N–H and O–H groups in total. The van der Waals surface area contributed by atoms with Gasteiger partial charge in [0.25, 0.3) is 11.6 Å². The normalized spacial score (nSPS) is 20.6. The Morgan fingerprint density at radius 1 is 1.12 bits per heavy atom. The van der Waals surface area contributed by atoms with Crippen LogP contribution in [0.3, 0.4) is 0 Å². The molecule has 2 fully saturated rings. The van der Waals surface area contributed by atoms with E-state index in [1.807, 2.05) is 4.90 Å². The first kappa shape index (κ1) is 17.2. The van der Waals surface area contributed by atoms with E-state index in [9.17, 15) is 24.8 Å². The fourth-order valence-electron chi connectivity index (χ4n) is 3.63. The number of hydrogen-bond donors (Lipinski definition) is 1. The van der Waals surface area contributed by atoms with Gasteiger partial charge in [0.1, 0.15) is 11.7 Å². The van der Waals surface area contributed by atoms with Crippen molar-refractivity contribution < 1.29 is 19.6 Å². The van der Waals surface area contributed by atoms with Gasteiger partial charge in [-0.1, -0.05) is 0 Å².